The normalized spacial score (nSPS) is 14.6. The average Bonchev–Trinajstić information content (AvgIpc) is 2.10. The molecule has 0 aromatic heterocycles. The van der Waals surface area contributed by atoms with Gasteiger partial charge in [0.25, 0.3) is 0 Å². The Bertz CT molecular complexity index is 437. The molecule has 0 amide bonds. The molecule has 2 N–H and O–H groups in total. The smallest absolute Gasteiger partial charge is 0.321 e. The first-order chi connectivity index (χ1) is 7.07. The summed E-state index contributed by atoms with van der Waals surface area (Å²) in [5, 5.41) is 8.68. The van der Waals surface area contributed by atoms with E-state index in [1.165, 1.54) is 6.92 Å². The highest BCUT2D eigenvalue weighted by molar-refractivity contribution is 7.91. The van der Waals surface area contributed by atoms with Crippen LogP contribution in [-0.2, 0) is 24.7 Å². The largest absolute Gasteiger partial charge is 0.480 e. The van der Waals surface area contributed by atoms with Crippen LogP contribution in [0, 0.1) is 0 Å². The minimum atomic E-state index is -3.67. The van der Waals surface area contributed by atoms with Crippen LogP contribution in [0.5, 0.6) is 0 Å². The van der Waals surface area contributed by atoms with Crippen LogP contribution in [0.2, 0.25) is 0 Å². The zero-order valence-corrected chi connectivity index (χ0v) is 10.6. The number of sulfonamides is 1. The molecule has 0 aliphatic rings. The lowest BCUT2D eigenvalue weighted by Gasteiger charge is -2.12. The molecule has 1 unspecified atom stereocenters. The van der Waals surface area contributed by atoms with E-state index in [1.807, 2.05) is 4.72 Å². The maximum absolute atomic E-state index is 11.1. The van der Waals surface area contributed by atoms with Crippen molar-refractivity contribution in [3.05, 3.63) is 0 Å². The summed E-state index contributed by atoms with van der Waals surface area (Å²) in [4.78, 5) is 10.7. The van der Waals surface area contributed by atoms with Crippen molar-refractivity contribution in [1.29, 1.82) is 0 Å². The molecule has 16 heavy (non-hydrogen) atoms. The lowest BCUT2D eigenvalue weighted by atomic mass is 10.2. The molecule has 0 aliphatic carbocycles. The zero-order chi connectivity index (χ0) is 13.0. The summed E-state index contributed by atoms with van der Waals surface area (Å²) < 4.78 is 45.7. The predicted molar refractivity (Wildman–Crippen MR) is 58.3 cm³/mol. The van der Waals surface area contributed by atoms with Gasteiger partial charge < -0.3 is 5.11 Å². The molecule has 0 fully saturated rings. The molecule has 0 saturated carbocycles. The van der Waals surface area contributed by atoms with Crippen molar-refractivity contribution in [3.8, 4) is 0 Å². The summed E-state index contributed by atoms with van der Waals surface area (Å²) >= 11 is 0. The van der Waals surface area contributed by atoms with E-state index in [1.54, 1.807) is 0 Å². The predicted octanol–water partition coefficient (Wildman–Crippen LogP) is -1.19. The van der Waals surface area contributed by atoms with Crippen LogP contribution in [0.4, 0.5) is 0 Å². The van der Waals surface area contributed by atoms with Crippen LogP contribution >= 0.6 is 0 Å². The van der Waals surface area contributed by atoms with Crippen molar-refractivity contribution in [2.75, 3.05) is 17.8 Å². The first-order valence-electron chi connectivity index (χ1n) is 4.48. The van der Waals surface area contributed by atoms with Gasteiger partial charge in [-0.05, 0) is 6.42 Å². The molecular weight excluding hydrogens is 258 g/mol. The standard InChI is InChI=1S/C7H15NO6S2/c1-3-16(13,14)5-4-6(7(9)10)8-15(2,11)12/h6,8H,3-5H2,1-2H3,(H,9,10). The number of carboxylic acid groups (broad SMARTS) is 1. The van der Waals surface area contributed by atoms with Gasteiger partial charge in [0.2, 0.25) is 10.0 Å². The first kappa shape index (κ1) is 15.3. The van der Waals surface area contributed by atoms with E-state index in [0.717, 1.165) is 6.26 Å². The van der Waals surface area contributed by atoms with Gasteiger partial charge in [0, 0.05) is 5.75 Å². The van der Waals surface area contributed by atoms with E-state index in [0.29, 0.717) is 0 Å². The number of sulfone groups is 1. The minimum absolute atomic E-state index is 0.0990. The van der Waals surface area contributed by atoms with Gasteiger partial charge in [-0.2, -0.15) is 0 Å². The number of carbonyl (C=O) groups is 1. The molecule has 0 heterocycles. The maximum atomic E-state index is 11.1. The quantitative estimate of drug-likeness (QED) is 0.602. The zero-order valence-electron chi connectivity index (χ0n) is 9.00. The Kier molecular flexibility index (Phi) is 5.36. The SMILES string of the molecule is CCS(=O)(=O)CCC(NS(C)(=O)=O)C(=O)O. The van der Waals surface area contributed by atoms with Crippen LogP contribution in [0.3, 0.4) is 0 Å². The third kappa shape index (κ3) is 6.75. The average molecular weight is 273 g/mol. The lowest BCUT2D eigenvalue weighted by Crippen LogP contribution is -2.41. The van der Waals surface area contributed by atoms with E-state index < -0.39 is 31.9 Å². The molecule has 1 atom stereocenters. The van der Waals surface area contributed by atoms with Gasteiger partial charge >= 0.3 is 5.97 Å². The molecule has 0 bridgehead atoms. The minimum Gasteiger partial charge on any atom is -0.480 e. The highest BCUT2D eigenvalue weighted by Gasteiger charge is 2.23. The van der Waals surface area contributed by atoms with Gasteiger partial charge in [0.15, 0.2) is 0 Å². The third-order valence-electron chi connectivity index (χ3n) is 1.81. The van der Waals surface area contributed by atoms with Crippen LogP contribution in [-0.4, -0.2) is 51.7 Å². The van der Waals surface area contributed by atoms with Crippen molar-refractivity contribution in [3.63, 3.8) is 0 Å². The van der Waals surface area contributed by atoms with Crippen LogP contribution in [0.15, 0.2) is 0 Å². The number of nitrogens with one attached hydrogen (secondary N) is 1. The fraction of sp³-hybridized carbons (Fsp3) is 0.857. The molecule has 0 aromatic rings. The second-order valence-electron chi connectivity index (χ2n) is 3.31. The summed E-state index contributed by atoms with van der Waals surface area (Å²) in [6.07, 6.45) is 0.538. The number of rotatable bonds is 7. The number of carboxylic acids is 1. The Morgan fingerprint density at radius 2 is 1.81 bits per heavy atom. The lowest BCUT2D eigenvalue weighted by molar-refractivity contribution is -0.139. The Hall–Kier alpha value is -0.670. The number of hydrogen-bond acceptors (Lipinski definition) is 5. The summed E-state index contributed by atoms with van der Waals surface area (Å²) in [5.41, 5.74) is 0. The molecule has 9 heteroatoms. The van der Waals surface area contributed by atoms with E-state index >= 15 is 0 Å². The Labute approximate surface area is 94.8 Å². The Morgan fingerprint density at radius 1 is 1.31 bits per heavy atom. The number of aliphatic carboxylic acids is 1. The third-order valence-corrected chi connectivity index (χ3v) is 4.26. The molecule has 0 aliphatic heterocycles. The molecular formula is C7H15NO6S2. The fourth-order valence-corrected chi connectivity index (χ4v) is 2.55. The number of hydrogen-bond donors (Lipinski definition) is 2. The van der Waals surface area contributed by atoms with Crippen molar-refractivity contribution >= 4 is 25.8 Å². The van der Waals surface area contributed by atoms with Gasteiger partial charge in [-0.15, -0.1) is 0 Å². The van der Waals surface area contributed by atoms with Gasteiger partial charge in [-0.1, -0.05) is 6.92 Å². The van der Waals surface area contributed by atoms with Gasteiger partial charge in [-0.25, -0.2) is 21.6 Å². The van der Waals surface area contributed by atoms with E-state index in [2.05, 4.69) is 0 Å². The summed E-state index contributed by atoms with van der Waals surface area (Å²) in [6, 6.07) is -1.41. The topological polar surface area (TPSA) is 118 Å². The molecule has 0 rings (SSSR count). The molecule has 7 nitrogen and oxygen atoms in total. The highest BCUT2D eigenvalue weighted by atomic mass is 32.2. The van der Waals surface area contributed by atoms with Crippen LogP contribution in [0.25, 0.3) is 0 Å². The Balaban J connectivity index is 4.56. The van der Waals surface area contributed by atoms with Crippen LogP contribution < -0.4 is 4.72 Å². The summed E-state index contributed by atoms with van der Waals surface area (Å²) in [7, 11) is -6.97. The summed E-state index contributed by atoms with van der Waals surface area (Å²) in [6.45, 7) is 1.44. The maximum Gasteiger partial charge on any atom is 0.321 e. The van der Waals surface area contributed by atoms with E-state index in [-0.39, 0.29) is 17.9 Å². The monoisotopic (exact) mass is 273 g/mol. The van der Waals surface area contributed by atoms with Gasteiger partial charge in [0.05, 0.1) is 12.0 Å². The molecule has 0 spiro atoms. The van der Waals surface area contributed by atoms with E-state index in [4.69, 9.17) is 5.11 Å². The van der Waals surface area contributed by atoms with Crippen LogP contribution in [0.1, 0.15) is 13.3 Å². The highest BCUT2D eigenvalue weighted by Crippen LogP contribution is 2.00. The van der Waals surface area contributed by atoms with Crippen molar-refractivity contribution in [2.45, 2.75) is 19.4 Å². The molecule has 0 aromatic carbocycles. The van der Waals surface area contributed by atoms with Crippen molar-refractivity contribution < 1.29 is 26.7 Å². The van der Waals surface area contributed by atoms with Crippen molar-refractivity contribution in [2.24, 2.45) is 0 Å². The summed E-state index contributed by atoms with van der Waals surface area (Å²) in [5.74, 6) is -1.85. The fourth-order valence-electron chi connectivity index (χ4n) is 0.933. The molecule has 96 valence electrons. The van der Waals surface area contributed by atoms with Gasteiger partial charge in [0.1, 0.15) is 15.9 Å². The molecule has 0 radical (unpaired) electrons. The second kappa shape index (κ2) is 5.60. The van der Waals surface area contributed by atoms with Crippen molar-refractivity contribution in [1.82, 2.24) is 4.72 Å². The van der Waals surface area contributed by atoms with E-state index in [9.17, 15) is 21.6 Å². The first-order valence-corrected chi connectivity index (χ1v) is 8.19. The second-order valence-corrected chi connectivity index (χ2v) is 7.56. The van der Waals surface area contributed by atoms with Gasteiger partial charge in [-0.3, -0.25) is 4.79 Å². The molecule has 0 saturated heterocycles. The Morgan fingerprint density at radius 3 is 2.12 bits per heavy atom.